The second-order valence-corrected chi connectivity index (χ2v) is 6.23. The number of carboxylic acids is 1. The van der Waals surface area contributed by atoms with Crippen LogP contribution in [0.5, 0.6) is 0 Å². The predicted octanol–water partition coefficient (Wildman–Crippen LogP) is 3.49. The van der Waals surface area contributed by atoms with Crippen LogP contribution in [-0.4, -0.2) is 34.4 Å². The van der Waals surface area contributed by atoms with Gasteiger partial charge in [-0.2, -0.15) is 5.10 Å². The van der Waals surface area contributed by atoms with E-state index in [9.17, 15) is 4.79 Å². The van der Waals surface area contributed by atoms with Gasteiger partial charge in [0.05, 0.1) is 6.20 Å². The van der Waals surface area contributed by atoms with Gasteiger partial charge in [0.25, 0.3) is 0 Å². The molecule has 1 aromatic carbocycles. The Labute approximate surface area is 139 Å². The monoisotopic (exact) mass is 331 g/mol. The first-order valence-electron chi connectivity index (χ1n) is 7.67. The number of aromatic nitrogens is 2. The molecule has 0 unspecified atom stereocenters. The van der Waals surface area contributed by atoms with Crippen molar-refractivity contribution in [1.82, 2.24) is 10.2 Å². The molecule has 0 amide bonds. The zero-order valence-electron chi connectivity index (χ0n) is 12.7. The van der Waals surface area contributed by atoms with Crippen LogP contribution in [0, 0.1) is 5.92 Å². The minimum absolute atomic E-state index is 0.280. The average molecular weight is 332 g/mol. The highest BCUT2D eigenvalue weighted by atomic mass is 35.5. The van der Waals surface area contributed by atoms with Gasteiger partial charge in [-0.3, -0.25) is 4.79 Å². The van der Waals surface area contributed by atoms with Crippen molar-refractivity contribution in [2.24, 2.45) is 5.92 Å². The second-order valence-electron chi connectivity index (χ2n) is 5.84. The zero-order valence-corrected chi connectivity index (χ0v) is 13.4. The van der Waals surface area contributed by atoms with Crippen molar-refractivity contribution in [2.75, 3.05) is 18.0 Å². The van der Waals surface area contributed by atoms with Crippen molar-refractivity contribution in [2.45, 2.75) is 19.3 Å². The molecule has 1 aliphatic heterocycles. The molecule has 6 heteroatoms. The normalized spacial score (nSPS) is 15.6. The molecule has 0 bridgehead atoms. The highest BCUT2D eigenvalue weighted by Gasteiger charge is 2.21. The first-order chi connectivity index (χ1) is 11.1. The molecule has 1 saturated heterocycles. The van der Waals surface area contributed by atoms with Crippen LogP contribution in [0.1, 0.15) is 19.3 Å². The molecule has 120 valence electrons. The third-order valence-corrected chi connectivity index (χ3v) is 4.45. The van der Waals surface area contributed by atoms with Gasteiger partial charge < -0.3 is 10.0 Å². The van der Waals surface area contributed by atoms with E-state index in [1.807, 2.05) is 12.1 Å². The number of carboxylic acid groups (broad SMARTS) is 1. The largest absolute Gasteiger partial charge is 0.481 e. The van der Waals surface area contributed by atoms with Crippen molar-refractivity contribution in [3.05, 3.63) is 41.7 Å². The summed E-state index contributed by atoms with van der Waals surface area (Å²) >= 11 is 5.87. The van der Waals surface area contributed by atoms with Gasteiger partial charge in [0, 0.05) is 30.8 Å². The van der Waals surface area contributed by atoms with Gasteiger partial charge >= 0.3 is 5.97 Å². The molecule has 1 aromatic heterocycles. The molecule has 0 spiro atoms. The van der Waals surface area contributed by atoms with Gasteiger partial charge in [-0.25, -0.2) is 0 Å². The van der Waals surface area contributed by atoms with Gasteiger partial charge in [-0.05, 0) is 42.5 Å². The molecule has 0 atom stereocenters. The molecule has 0 radical (unpaired) electrons. The summed E-state index contributed by atoms with van der Waals surface area (Å²) in [5.41, 5.74) is 3.15. The number of hydrogen-bond acceptors (Lipinski definition) is 4. The Morgan fingerprint density at radius 2 is 1.91 bits per heavy atom. The van der Waals surface area contributed by atoms with E-state index >= 15 is 0 Å². The summed E-state index contributed by atoms with van der Waals surface area (Å²) in [5, 5.41) is 16.9. The Bertz CT molecular complexity index is 682. The molecular formula is C17H18ClN3O2. The van der Waals surface area contributed by atoms with Crippen molar-refractivity contribution < 1.29 is 9.90 Å². The van der Waals surface area contributed by atoms with Gasteiger partial charge in [0.1, 0.15) is 0 Å². The number of rotatable bonds is 4. The third-order valence-electron chi connectivity index (χ3n) is 4.27. The van der Waals surface area contributed by atoms with Crippen molar-refractivity contribution in [1.29, 1.82) is 0 Å². The van der Waals surface area contributed by atoms with Gasteiger partial charge in [0.2, 0.25) is 0 Å². The van der Waals surface area contributed by atoms with Crippen LogP contribution in [0.4, 0.5) is 5.69 Å². The highest BCUT2D eigenvalue weighted by molar-refractivity contribution is 6.29. The van der Waals surface area contributed by atoms with Crippen LogP contribution in [0.2, 0.25) is 5.15 Å². The number of halogens is 1. The maximum Gasteiger partial charge on any atom is 0.303 e. The van der Waals surface area contributed by atoms with E-state index in [0.29, 0.717) is 11.1 Å². The van der Waals surface area contributed by atoms with E-state index in [-0.39, 0.29) is 6.42 Å². The predicted molar refractivity (Wildman–Crippen MR) is 89.7 cm³/mol. The molecule has 2 aromatic rings. The summed E-state index contributed by atoms with van der Waals surface area (Å²) in [6, 6.07) is 10.1. The number of aliphatic carboxylic acids is 1. The fraction of sp³-hybridized carbons (Fsp3) is 0.353. The Morgan fingerprint density at radius 1 is 1.22 bits per heavy atom. The number of benzene rings is 1. The van der Waals surface area contributed by atoms with E-state index in [2.05, 4.69) is 27.2 Å². The second kappa shape index (κ2) is 6.96. The molecule has 3 rings (SSSR count). The van der Waals surface area contributed by atoms with Crippen molar-refractivity contribution in [3.63, 3.8) is 0 Å². The number of piperidine rings is 1. The topological polar surface area (TPSA) is 66.3 Å². The number of hydrogen-bond donors (Lipinski definition) is 1. The Balaban J connectivity index is 1.65. The third kappa shape index (κ3) is 3.99. The van der Waals surface area contributed by atoms with E-state index in [1.54, 1.807) is 12.3 Å². The van der Waals surface area contributed by atoms with Crippen LogP contribution in [0.25, 0.3) is 11.1 Å². The quantitative estimate of drug-likeness (QED) is 0.929. The van der Waals surface area contributed by atoms with Crippen molar-refractivity contribution in [3.8, 4) is 11.1 Å². The molecule has 2 heterocycles. The van der Waals surface area contributed by atoms with E-state index in [0.717, 1.165) is 42.7 Å². The summed E-state index contributed by atoms with van der Waals surface area (Å²) in [7, 11) is 0. The summed E-state index contributed by atoms with van der Waals surface area (Å²) in [6.45, 7) is 1.81. The van der Waals surface area contributed by atoms with Crippen LogP contribution in [-0.2, 0) is 4.79 Å². The molecular weight excluding hydrogens is 314 g/mol. The number of carbonyl (C=O) groups is 1. The molecule has 23 heavy (non-hydrogen) atoms. The molecule has 5 nitrogen and oxygen atoms in total. The van der Waals surface area contributed by atoms with Crippen LogP contribution in [0.15, 0.2) is 36.5 Å². The molecule has 0 aliphatic carbocycles. The lowest BCUT2D eigenvalue weighted by molar-refractivity contribution is -0.138. The minimum Gasteiger partial charge on any atom is -0.481 e. The smallest absolute Gasteiger partial charge is 0.303 e. The number of nitrogens with zero attached hydrogens (tertiary/aromatic N) is 3. The van der Waals surface area contributed by atoms with Gasteiger partial charge in [-0.15, -0.1) is 5.10 Å². The van der Waals surface area contributed by atoms with Gasteiger partial charge in [0.15, 0.2) is 5.15 Å². The maximum atomic E-state index is 10.8. The van der Waals surface area contributed by atoms with Crippen molar-refractivity contribution >= 4 is 23.3 Å². The van der Waals surface area contributed by atoms with E-state index < -0.39 is 5.97 Å². The molecule has 1 fully saturated rings. The molecule has 1 aliphatic rings. The van der Waals surface area contributed by atoms with Gasteiger partial charge in [-0.1, -0.05) is 23.7 Å². The van der Waals surface area contributed by atoms with Crippen LogP contribution >= 0.6 is 11.6 Å². The lowest BCUT2D eigenvalue weighted by atomic mass is 9.93. The van der Waals surface area contributed by atoms with E-state index in [1.165, 1.54) is 0 Å². The fourth-order valence-corrected chi connectivity index (χ4v) is 3.17. The Morgan fingerprint density at radius 3 is 2.52 bits per heavy atom. The SMILES string of the molecule is O=C(O)CC1CCN(c2ccc(-c3cnnc(Cl)c3)cc2)CC1. The Kier molecular flexibility index (Phi) is 4.76. The minimum atomic E-state index is -0.697. The lowest BCUT2D eigenvalue weighted by Crippen LogP contribution is -2.34. The van der Waals surface area contributed by atoms with Crippen LogP contribution in [0.3, 0.4) is 0 Å². The molecule has 1 N–H and O–H groups in total. The van der Waals surface area contributed by atoms with Crippen LogP contribution < -0.4 is 4.90 Å². The first-order valence-corrected chi connectivity index (χ1v) is 8.05. The summed E-state index contributed by atoms with van der Waals surface area (Å²) in [4.78, 5) is 13.1. The van der Waals surface area contributed by atoms with E-state index in [4.69, 9.17) is 16.7 Å². The zero-order chi connectivity index (χ0) is 16.2. The average Bonchev–Trinajstić information content (AvgIpc) is 2.55. The lowest BCUT2D eigenvalue weighted by Gasteiger charge is -2.33. The summed E-state index contributed by atoms with van der Waals surface area (Å²) < 4.78 is 0. The Hall–Kier alpha value is -2.14. The standard InChI is InChI=1S/C17H18ClN3O2/c18-16-10-14(11-19-20-16)13-1-3-15(4-2-13)21-7-5-12(6-8-21)9-17(22)23/h1-4,10-12H,5-9H2,(H,22,23). The fourth-order valence-electron chi connectivity index (χ4n) is 3.01. The number of anilines is 1. The highest BCUT2D eigenvalue weighted by Crippen LogP contribution is 2.28. The maximum absolute atomic E-state index is 10.8. The first kappa shape index (κ1) is 15.7. The summed E-state index contributed by atoms with van der Waals surface area (Å²) in [5.74, 6) is -0.398. The molecule has 0 saturated carbocycles. The summed E-state index contributed by atoms with van der Waals surface area (Å²) in [6.07, 6.45) is 3.83.